The van der Waals surface area contributed by atoms with Crippen LogP contribution >= 0.6 is 23.2 Å². The first-order valence-corrected chi connectivity index (χ1v) is 6.27. The zero-order chi connectivity index (χ0) is 13.8. The van der Waals surface area contributed by atoms with Crippen molar-refractivity contribution >= 4 is 34.8 Å². The van der Waals surface area contributed by atoms with Gasteiger partial charge >= 0.3 is 0 Å². The molecule has 0 radical (unpaired) electrons. The number of carbonyl (C=O) groups excluding carboxylic acids is 1. The predicted octanol–water partition coefficient (Wildman–Crippen LogP) is 4.25. The van der Waals surface area contributed by atoms with E-state index in [-0.39, 0.29) is 5.91 Å². The summed E-state index contributed by atoms with van der Waals surface area (Å²) in [4.78, 5) is 12.0. The normalized spacial score (nSPS) is 10.1. The van der Waals surface area contributed by atoms with E-state index >= 15 is 0 Å². The molecule has 0 aromatic heterocycles. The highest BCUT2D eigenvalue weighted by molar-refractivity contribution is 6.34. The molecule has 0 unspecified atom stereocenters. The Morgan fingerprint density at radius 1 is 1.11 bits per heavy atom. The zero-order valence-electron chi connectivity index (χ0n) is 10.1. The fraction of sp³-hybridized carbons (Fsp3) is 0.0714. The van der Waals surface area contributed by atoms with Gasteiger partial charge in [0, 0.05) is 5.56 Å². The molecule has 2 aromatic rings. The molecule has 0 bridgehead atoms. The Bertz CT molecular complexity index is 614. The van der Waals surface area contributed by atoms with Gasteiger partial charge in [-0.15, -0.1) is 0 Å². The summed E-state index contributed by atoms with van der Waals surface area (Å²) in [5, 5.41) is 3.59. The topological polar surface area (TPSA) is 38.3 Å². The molecule has 0 saturated heterocycles. The van der Waals surface area contributed by atoms with Crippen LogP contribution in [0.15, 0.2) is 42.5 Å². The van der Waals surface area contributed by atoms with Crippen molar-refractivity contribution in [3.8, 4) is 5.75 Å². The zero-order valence-corrected chi connectivity index (χ0v) is 11.6. The molecule has 19 heavy (non-hydrogen) atoms. The monoisotopic (exact) mass is 295 g/mol. The number of rotatable bonds is 3. The summed E-state index contributed by atoms with van der Waals surface area (Å²) in [6, 6.07) is 11.8. The Labute approximate surface area is 121 Å². The molecule has 0 aliphatic rings. The minimum Gasteiger partial charge on any atom is -0.495 e. The molecule has 3 nitrogen and oxygen atoms in total. The van der Waals surface area contributed by atoms with Crippen molar-refractivity contribution in [2.24, 2.45) is 0 Å². The molecule has 0 spiro atoms. The molecule has 0 saturated carbocycles. The summed E-state index contributed by atoms with van der Waals surface area (Å²) in [6.45, 7) is 0. The summed E-state index contributed by atoms with van der Waals surface area (Å²) in [5.74, 6) is 0.244. The SMILES string of the molecule is COc1ccc(C(=O)Nc2ccccc2Cl)cc1Cl. The first-order valence-electron chi connectivity index (χ1n) is 5.51. The number of methoxy groups -OCH3 is 1. The Hall–Kier alpha value is -1.71. The minimum absolute atomic E-state index is 0.280. The largest absolute Gasteiger partial charge is 0.495 e. The number of benzene rings is 2. The van der Waals surface area contributed by atoms with Gasteiger partial charge in [-0.05, 0) is 30.3 Å². The van der Waals surface area contributed by atoms with Crippen molar-refractivity contribution in [2.45, 2.75) is 0 Å². The van der Waals surface area contributed by atoms with E-state index in [1.54, 1.807) is 42.5 Å². The van der Waals surface area contributed by atoms with Gasteiger partial charge in [0.25, 0.3) is 5.91 Å². The molecule has 1 N–H and O–H groups in total. The number of amides is 1. The lowest BCUT2D eigenvalue weighted by Crippen LogP contribution is -2.12. The summed E-state index contributed by atoms with van der Waals surface area (Å²) in [6.07, 6.45) is 0. The van der Waals surface area contributed by atoms with Crippen LogP contribution in [0.25, 0.3) is 0 Å². The van der Waals surface area contributed by atoms with Crippen LogP contribution in [0.2, 0.25) is 10.0 Å². The second-order valence-corrected chi connectivity index (χ2v) is 4.60. The minimum atomic E-state index is -0.280. The van der Waals surface area contributed by atoms with Gasteiger partial charge in [0.05, 0.1) is 22.8 Å². The van der Waals surface area contributed by atoms with Crippen LogP contribution in [0.5, 0.6) is 5.75 Å². The molecule has 0 fully saturated rings. The van der Waals surface area contributed by atoms with E-state index in [9.17, 15) is 4.79 Å². The maximum Gasteiger partial charge on any atom is 0.255 e. The smallest absolute Gasteiger partial charge is 0.255 e. The van der Waals surface area contributed by atoms with Crippen molar-refractivity contribution in [1.29, 1.82) is 0 Å². The highest BCUT2D eigenvalue weighted by Gasteiger charge is 2.10. The summed E-state index contributed by atoms with van der Waals surface area (Å²) in [5.41, 5.74) is 0.992. The van der Waals surface area contributed by atoms with Crippen molar-refractivity contribution < 1.29 is 9.53 Å². The maximum absolute atomic E-state index is 12.0. The van der Waals surface area contributed by atoms with Crippen molar-refractivity contribution in [3.63, 3.8) is 0 Å². The van der Waals surface area contributed by atoms with Gasteiger partial charge in [-0.2, -0.15) is 0 Å². The van der Waals surface area contributed by atoms with E-state index in [1.807, 2.05) is 0 Å². The van der Waals surface area contributed by atoms with Crippen molar-refractivity contribution in [2.75, 3.05) is 12.4 Å². The molecule has 98 valence electrons. The molecule has 0 heterocycles. The Morgan fingerprint density at radius 3 is 2.47 bits per heavy atom. The maximum atomic E-state index is 12.0. The van der Waals surface area contributed by atoms with Gasteiger partial charge in [-0.25, -0.2) is 0 Å². The fourth-order valence-corrected chi connectivity index (χ4v) is 2.01. The lowest BCUT2D eigenvalue weighted by Gasteiger charge is -2.08. The molecular formula is C14H11Cl2NO2. The number of hydrogen-bond donors (Lipinski definition) is 1. The van der Waals surface area contributed by atoms with Crippen LogP contribution in [0, 0.1) is 0 Å². The van der Waals surface area contributed by atoms with Crippen LogP contribution in [0.1, 0.15) is 10.4 Å². The third-order valence-electron chi connectivity index (χ3n) is 2.54. The molecule has 1 amide bonds. The average Bonchev–Trinajstić information content (AvgIpc) is 2.41. The van der Waals surface area contributed by atoms with Crippen LogP contribution in [-0.4, -0.2) is 13.0 Å². The quantitative estimate of drug-likeness (QED) is 0.919. The third-order valence-corrected chi connectivity index (χ3v) is 3.16. The van der Waals surface area contributed by atoms with Gasteiger partial charge in [-0.1, -0.05) is 35.3 Å². The fourth-order valence-electron chi connectivity index (χ4n) is 1.56. The standard InChI is InChI=1S/C14H11Cl2NO2/c1-19-13-7-6-9(8-11(13)16)14(18)17-12-5-3-2-4-10(12)15/h2-8H,1H3,(H,17,18). The van der Waals surface area contributed by atoms with E-state index in [2.05, 4.69) is 5.32 Å². The first kappa shape index (κ1) is 13.7. The number of ether oxygens (including phenoxy) is 1. The van der Waals surface area contributed by atoms with E-state index in [4.69, 9.17) is 27.9 Å². The molecule has 2 rings (SSSR count). The number of carbonyl (C=O) groups is 1. The molecule has 5 heteroatoms. The predicted molar refractivity (Wildman–Crippen MR) is 77.4 cm³/mol. The molecule has 0 aliphatic carbocycles. The van der Waals surface area contributed by atoms with E-state index in [0.717, 1.165) is 0 Å². The second kappa shape index (κ2) is 5.95. The number of halogens is 2. The van der Waals surface area contributed by atoms with Crippen LogP contribution in [0.4, 0.5) is 5.69 Å². The first-order chi connectivity index (χ1) is 9.11. The third kappa shape index (κ3) is 3.19. The van der Waals surface area contributed by atoms with Gasteiger partial charge < -0.3 is 10.1 Å². The molecule has 0 atom stereocenters. The number of hydrogen-bond acceptors (Lipinski definition) is 2. The average molecular weight is 296 g/mol. The number of nitrogens with one attached hydrogen (secondary N) is 1. The molecular weight excluding hydrogens is 285 g/mol. The Balaban J connectivity index is 2.21. The lowest BCUT2D eigenvalue weighted by atomic mass is 10.2. The molecule has 0 aliphatic heterocycles. The summed E-state index contributed by atoms with van der Waals surface area (Å²) >= 11 is 12.0. The molecule has 2 aromatic carbocycles. The van der Waals surface area contributed by atoms with Gasteiger partial charge in [0.2, 0.25) is 0 Å². The van der Waals surface area contributed by atoms with E-state index < -0.39 is 0 Å². The number of para-hydroxylation sites is 1. The van der Waals surface area contributed by atoms with Gasteiger partial charge in [-0.3, -0.25) is 4.79 Å². The Kier molecular flexibility index (Phi) is 4.30. The van der Waals surface area contributed by atoms with Crippen LogP contribution < -0.4 is 10.1 Å². The Morgan fingerprint density at radius 2 is 1.84 bits per heavy atom. The summed E-state index contributed by atoms with van der Waals surface area (Å²) < 4.78 is 5.03. The van der Waals surface area contributed by atoms with Crippen molar-refractivity contribution in [3.05, 3.63) is 58.1 Å². The lowest BCUT2D eigenvalue weighted by molar-refractivity contribution is 0.102. The van der Waals surface area contributed by atoms with Gasteiger partial charge in [0.15, 0.2) is 0 Å². The van der Waals surface area contributed by atoms with Crippen LogP contribution in [0.3, 0.4) is 0 Å². The van der Waals surface area contributed by atoms with Gasteiger partial charge in [0.1, 0.15) is 5.75 Å². The summed E-state index contributed by atoms with van der Waals surface area (Å²) in [7, 11) is 1.52. The highest BCUT2D eigenvalue weighted by Crippen LogP contribution is 2.26. The van der Waals surface area contributed by atoms with Crippen molar-refractivity contribution in [1.82, 2.24) is 0 Å². The van der Waals surface area contributed by atoms with E-state index in [0.29, 0.717) is 27.0 Å². The van der Waals surface area contributed by atoms with E-state index in [1.165, 1.54) is 7.11 Å². The highest BCUT2D eigenvalue weighted by atomic mass is 35.5. The number of anilines is 1. The second-order valence-electron chi connectivity index (χ2n) is 3.78. The van der Waals surface area contributed by atoms with Crippen LogP contribution in [-0.2, 0) is 0 Å².